The first-order valence-corrected chi connectivity index (χ1v) is 6.23. The van der Waals surface area contributed by atoms with Gasteiger partial charge in [-0.25, -0.2) is 4.98 Å². The van der Waals surface area contributed by atoms with E-state index < -0.39 is 0 Å². The Morgan fingerprint density at radius 1 is 1.47 bits per heavy atom. The quantitative estimate of drug-likeness (QED) is 0.843. The lowest BCUT2D eigenvalue weighted by molar-refractivity contribution is 0.0622. The van der Waals surface area contributed by atoms with Crippen molar-refractivity contribution in [3.8, 4) is 0 Å². The summed E-state index contributed by atoms with van der Waals surface area (Å²) < 4.78 is 5.37. The Hall–Kier alpha value is -1.29. The van der Waals surface area contributed by atoms with Crippen molar-refractivity contribution in [2.45, 2.75) is 32.7 Å². The van der Waals surface area contributed by atoms with Crippen molar-refractivity contribution in [3.63, 3.8) is 0 Å². The van der Waals surface area contributed by atoms with Crippen LogP contribution in [0.15, 0.2) is 12.3 Å². The Balaban J connectivity index is 1.99. The number of rotatable bonds is 3. The zero-order valence-electron chi connectivity index (χ0n) is 10.6. The van der Waals surface area contributed by atoms with Crippen LogP contribution in [-0.2, 0) is 4.74 Å². The van der Waals surface area contributed by atoms with Gasteiger partial charge in [-0.05, 0) is 44.2 Å². The van der Waals surface area contributed by atoms with Crippen LogP contribution >= 0.6 is 0 Å². The Kier molecular flexibility index (Phi) is 3.84. The van der Waals surface area contributed by atoms with Crippen LogP contribution in [0.5, 0.6) is 0 Å². The summed E-state index contributed by atoms with van der Waals surface area (Å²) in [7, 11) is 0. The third-order valence-corrected chi connectivity index (χ3v) is 3.39. The first-order valence-electron chi connectivity index (χ1n) is 6.23. The lowest BCUT2D eigenvalue weighted by Crippen LogP contribution is -2.31. The summed E-state index contributed by atoms with van der Waals surface area (Å²) in [5, 5.41) is 3.42. The van der Waals surface area contributed by atoms with E-state index in [0.717, 1.165) is 43.1 Å². The van der Waals surface area contributed by atoms with Gasteiger partial charge >= 0.3 is 0 Å². The highest BCUT2D eigenvalue weighted by Crippen LogP contribution is 2.23. The highest BCUT2D eigenvalue weighted by Gasteiger charge is 2.21. The van der Waals surface area contributed by atoms with Crippen LogP contribution in [0, 0.1) is 12.8 Å². The van der Waals surface area contributed by atoms with E-state index in [4.69, 9.17) is 10.5 Å². The molecule has 1 unspecified atom stereocenters. The molecule has 94 valence electrons. The maximum atomic E-state index is 5.95. The van der Waals surface area contributed by atoms with Gasteiger partial charge in [0.05, 0.1) is 5.69 Å². The molecule has 2 heterocycles. The van der Waals surface area contributed by atoms with E-state index in [-0.39, 0.29) is 0 Å². The summed E-state index contributed by atoms with van der Waals surface area (Å²) in [5.74, 6) is 1.45. The minimum Gasteiger partial charge on any atom is -0.396 e. The fraction of sp³-hybridized carbons (Fsp3) is 0.615. The monoisotopic (exact) mass is 235 g/mol. The molecule has 0 aromatic carbocycles. The second-order valence-corrected chi connectivity index (χ2v) is 4.83. The smallest absolute Gasteiger partial charge is 0.149 e. The molecule has 0 saturated carbocycles. The molecule has 1 aromatic heterocycles. The molecule has 0 spiro atoms. The minimum absolute atomic E-state index is 0.386. The number of aryl methyl sites for hydroxylation is 1. The minimum atomic E-state index is 0.386. The summed E-state index contributed by atoms with van der Waals surface area (Å²) in [6, 6.07) is 2.34. The van der Waals surface area contributed by atoms with Gasteiger partial charge in [-0.2, -0.15) is 0 Å². The van der Waals surface area contributed by atoms with Crippen molar-refractivity contribution in [1.29, 1.82) is 0 Å². The molecule has 4 heteroatoms. The predicted molar refractivity (Wildman–Crippen MR) is 70.0 cm³/mol. The molecule has 1 aromatic rings. The molecular weight excluding hydrogens is 214 g/mol. The van der Waals surface area contributed by atoms with Crippen LogP contribution in [0.2, 0.25) is 0 Å². The lowest BCUT2D eigenvalue weighted by atomic mass is 9.93. The Labute approximate surface area is 103 Å². The summed E-state index contributed by atoms with van der Waals surface area (Å²) in [4.78, 5) is 4.35. The lowest BCUT2D eigenvalue weighted by Gasteiger charge is -2.29. The number of nitrogens with zero attached hydrogens (tertiary/aromatic N) is 1. The molecule has 1 saturated heterocycles. The van der Waals surface area contributed by atoms with E-state index in [9.17, 15) is 0 Å². The zero-order chi connectivity index (χ0) is 12.3. The summed E-state index contributed by atoms with van der Waals surface area (Å²) in [6.07, 6.45) is 4.06. The number of ether oxygens (including phenoxy) is 1. The maximum Gasteiger partial charge on any atom is 0.149 e. The second-order valence-electron chi connectivity index (χ2n) is 4.83. The van der Waals surface area contributed by atoms with Gasteiger partial charge in [0, 0.05) is 25.5 Å². The van der Waals surface area contributed by atoms with Crippen LogP contribution in [0.3, 0.4) is 0 Å². The largest absolute Gasteiger partial charge is 0.396 e. The maximum absolute atomic E-state index is 5.95. The standard InChI is InChI=1S/C13H21N3O/c1-9-7-12(14)13(15-8-9)16-10(2)11-3-5-17-6-4-11/h7-8,10-11H,3-6,14H2,1-2H3,(H,15,16). The van der Waals surface area contributed by atoms with Crippen molar-refractivity contribution in [3.05, 3.63) is 17.8 Å². The Morgan fingerprint density at radius 3 is 2.82 bits per heavy atom. The van der Waals surface area contributed by atoms with Gasteiger partial charge in [-0.1, -0.05) is 0 Å². The topological polar surface area (TPSA) is 60.2 Å². The number of nitrogens with one attached hydrogen (secondary N) is 1. The van der Waals surface area contributed by atoms with Crippen LogP contribution in [-0.4, -0.2) is 24.2 Å². The highest BCUT2D eigenvalue weighted by atomic mass is 16.5. The molecule has 17 heavy (non-hydrogen) atoms. The van der Waals surface area contributed by atoms with E-state index in [1.165, 1.54) is 0 Å². The van der Waals surface area contributed by atoms with E-state index in [0.29, 0.717) is 12.0 Å². The number of hydrogen-bond acceptors (Lipinski definition) is 4. The van der Waals surface area contributed by atoms with Crippen LogP contribution < -0.4 is 11.1 Å². The van der Waals surface area contributed by atoms with E-state index in [1.54, 1.807) is 0 Å². The molecule has 2 rings (SSSR count). The SMILES string of the molecule is Cc1cnc(NC(C)C2CCOCC2)c(N)c1. The summed E-state index contributed by atoms with van der Waals surface area (Å²) >= 11 is 0. The van der Waals surface area contributed by atoms with E-state index >= 15 is 0 Å². The molecule has 3 N–H and O–H groups in total. The van der Waals surface area contributed by atoms with Crippen LogP contribution in [0.1, 0.15) is 25.3 Å². The molecule has 0 aliphatic carbocycles. The number of aromatic nitrogens is 1. The molecular formula is C13H21N3O. The Morgan fingerprint density at radius 2 is 2.18 bits per heavy atom. The van der Waals surface area contributed by atoms with Crippen molar-refractivity contribution >= 4 is 11.5 Å². The molecule has 0 bridgehead atoms. The number of nitrogen functional groups attached to an aromatic ring is 1. The van der Waals surface area contributed by atoms with E-state index in [2.05, 4.69) is 17.2 Å². The third-order valence-electron chi connectivity index (χ3n) is 3.39. The number of anilines is 2. The van der Waals surface area contributed by atoms with Crippen LogP contribution in [0.4, 0.5) is 11.5 Å². The molecule has 1 aliphatic rings. The summed E-state index contributed by atoms with van der Waals surface area (Å²) in [5.41, 5.74) is 7.76. The van der Waals surface area contributed by atoms with Crippen molar-refractivity contribution < 1.29 is 4.74 Å². The molecule has 4 nitrogen and oxygen atoms in total. The number of hydrogen-bond donors (Lipinski definition) is 2. The van der Waals surface area contributed by atoms with Crippen molar-refractivity contribution in [1.82, 2.24) is 4.98 Å². The molecule has 0 amide bonds. The molecule has 1 fully saturated rings. The fourth-order valence-corrected chi connectivity index (χ4v) is 2.26. The predicted octanol–water partition coefficient (Wildman–Crippen LogP) is 2.20. The fourth-order valence-electron chi connectivity index (χ4n) is 2.26. The molecule has 0 radical (unpaired) electrons. The van der Waals surface area contributed by atoms with Gasteiger partial charge in [-0.15, -0.1) is 0 Å². The van der Waals surface area contributed by atoms with Gasteiger partial charge in [0.15, 0.2) is 0 Å². The zero-order valence-corrected chi connectivity index (χ0v) is 10.6. The highest BCUT2D eigenvalue weighted by molar-refractivity contribution is 5.62. The first-order chi connectivity index (χ1) is 8.16. The average Bonchev–Trinajstić information content (AvgIpc) is 2.34. The normalized spacial score (nSPS) is 18.9. The number of pyridine rings is 1. The third kappa shape index (κ3) is 3.09. The van der Waals surface area contributed by atoms with Crippen molar-refractivity contribution in [2.24, 2.45) is 5.92 Å². The second kappa shape index (κ2) is 5.36. The van der Waals surface area contributed by atoms with Crippen LogP contribution in [0.25, 0.3) is 0 Å². The molecule has 1 atom stereocenters. The van der Waals surface area contributed by atoms with Gasteiger partial charge in [-0.3, -0.25) is 0 Å². The van der Waals surface area contributed by atoms with Crippen molar-refractivity contribution in [2.75, 3.05) is 24.3 Å². The average molecular weight is 235 g/mol. The Bertz CT molecular complexity index is 375. The van der Waals surface area contributed by atoms with Gasteiger partial charge < -0.3 is 15.8 Å². The molecule has 1 aliphatic heterocycles. The van der Waals surface area contributed by atoms with Gasteiger partial charge in [0.25, 0.3) is 0 Å². The first kappa shape index (κ1) is 12.2. The van der Waals surface area contributed by atoms with E-state index in [1.807, 2.05) is 19.2 Å². The van der Waals surface area contributed by atoms with Gasteiger partial charge in [0.2, 0.25) is 0 Å². The number of nitrogens with two attached hydrogens (primary N) is 1. The van der Waals surface area contributed by atoms with Gasteiger partial charge in [0.1, 0.15) is 5.82 Å². The summed E-state index contributed by atoms with van der Waals surface area (Å²) in [6.45, 7) is 5.92.